The van der Waals surface area contributed by atoms with Gasteiger partial charge in [0, 0.05) is 13.6 Å². The van der Waals surface area contributed by atoms with Crippen molar-refractivity contribution >= 4 is 22.6 Å². The molecule has 28 heavy (non-hydrogen) atoms. The minimum Gasteiger partial charge on any atom is -0.481 e. The minimum absolute atomic E-state index is 0.0551. The van der Waals surface area contributed by atoms with Crippen molar-refractivity contribution in [3.05, 3.63) is 65.5 Å². The number of carboxylic acids is 1. The number of carbonyl (C=O) groups excluding carboxylic acids is 1. The molecule has 0 saturated heterocycles. The smallest absolute Gasteiger partial charge is 0.308 e. The van der Waals surface area contributed by atoms with E-state index >= 15 is 0 Å². The van der Waals surface area contributed by atoms with Gasteiger partial charge in [-0.2, -0.15) is 5.10 Å². The highest BCUT2D eigenvalue weighted by atomic mass is 16.4. The van der Waals surface area contributed by atoms with Crippen LogP contribution in [-0.4, -0.2) is 33.3 Å². The van der Waals surface area contributed by atoms with E-state index in [1.54, 1.807) is 13.1 Å². The summed E-state index contributed by atoms with van der Waals surface area (Å²) in [4.78, 5) is 24.3. The topological polar surface area (TPSA) is 84.2 Å². The molecule has 3 aromatic rings. The lowest BCUT2D eigenvalue weighted by Crippen LogP contribution is -2.35. The summed E-state index contributed by atoms with van der Waals surface area (Å²) >= 11 is 0. The van der Waals surface area contributed by atoms with Crippen LogP contribution in [0, 0.1) is 5.92 Å². The number of aryl methyl sites for hydroxylation is 1. The number of benzene rings is 2. The quantitative estimate of drug-likeness (QED) is 0.659. The van der Waals surface area contributed by atoms with Crippen molar-refractivity contribution in [1.82, 2.24) is 15.1 Å². The average Bonchev–Trinajstić information content (AvgIpc) is 3.07. The summed E-state index contributed by atoms with van der Waals surface area (Å²) in [6, 6.07) is 15.5. The standard InChI is InChI=1S/C22H25N3O3/c1-14(2)19-12-20(25(3)24-19)21(26)23-13-17(22(27)28)11-16-9-6-8-15-7-4-5-10-18(15)16/h4-10,12,14,17H,11,13H2,1-3H3,(H,23,26)(H,27,28). The van der Waals surface area contributed by atoms with Crippen molar-refractivity contribution in [2.45, 2.75) is 26.2 Å². The first-order valence-corrected chi connectivity index (χ1v) is 9.38. The van der Waals surface area contributed by atoms with Crippen LogP contribution in [-0.2, 0) is 18.3 Å². The average molecular weight is 379 g/mol. The first-order valence-electron chi connectivity index (χ1n) is 9.38. The molecule has 2 aromatic carbocycles. The number of rotatable bonds is 7. The Balaban J connectivity index is 1.73. The van der Waals surface area contributed by atoms with Gasteiger partial charge in [0.1, 0.15) is 5.69 Å². The van der Waals surface area contributed by atoms with E-state index in [1.807, 2.05) is 56.3 Å². The normalized spacial score (nSPS) is 12.3. The lowest BCUT2D eigenvalue weighted by Gasteiger charge is -2.15. The Morgan fingerprint density at radius 1 is 1.14 bits per heavy atom. The van der Waals surface area contributed by atoms with Crippen LogP contribution in [0.25, 0.3) is 10.8 Å². The van der Waals surface area contributed by atoms with Crippen molar-refractivity contribution in [2.75, 3.05) is 6.54 Å². The fourth-order valence-corrected chi connectivity index (χ4v) is 3.27. The molecule has 6 heteroatoms. The number of hydrogen-bond donors (Lipinski definition) is 2. The van der Waals surface area contributed by atoms with Crippen LogP contribution in [0.15, 0.2) is 48.5 Å². The fraction of sp³-hybridized carbons (Fsp3) is 0.318. The Labute approximate surface area is 164 Å². The summed E-state index contributed by atoms with van der Waals surface area (Å²) in [5, 5.41) is 18.9. The monoisotopic (exact) mass is 379 g/mol. The molecular weight excluding hydrogens is 354 g/mol. The molecule has 0 saturated carbocycles. The number of hydrogen-bond acceptors (Lipinski definition) is 3. The number of nitrogens with zero attached hydrogens (tertiary/aromatic N) is 2. The molecule has 0 bridgehead atoms. The summed E-state index contributed by atoms with van der Waals surface area (Å²) in [5.74, 6) is -1.74. The van der Waals surface area contributed by atoms with Crippen LogP contribution in [0.1, 0.15) is 41.5 Å². The summed E-state index contributed by atoms with van der Waals surface area (Å²) < 4.78 is 1.53. The van der Waals surface area contributed by atoms with Gasteiger partial charge in [-0.15, -0.1) is 0 Å². The maximum absolute atomic E-state index is 12.5. The third-order valence-electron chi connectivity index (χ3n) is 4.93. The van der Waals surface area contributed by atoms with E-state index in [2.05, 4.69) is 10.4 Å². The van der Waals surface area contributed by atoms with Crippen molar-refractivity contribution in [1.29, 1.82) is 0 Å². The molecule has 1 aromatic heterocycles. The zero-order valence-electron chi connectivity index (χ0n) is 16.3. The van der Waals surface area contributed by atoms with E-state index in [4.69, 9.17) is 0 Å². The lowest BCUT2D eigenvalue weighted by molar-refractivity contribution is -0.141. The molecule has 1 atom stereocenters. The molecule has 0 aliphatic carbocycles. The molecule has 0 spiro atoms. The zero-order chi connectivity index (χ0) is 20.3. The van der Waals surface area contributed by atoms with Gasteiger partial charge in [0.15, 0.2) is 0 Å². The van der Waals surface area contributed by atoms with Gasteiger partial charge in [-0.05, 0) is 34.7 Å². The number of aromatic nitrogens is 2. The molecule has 1 heterocycles. The summed E-state index contributed by atoms with van der Waals surface area (Å²) in [6.07, 6.45) is 0.347. The van der Waals surface area contributed by atoms with Gasteiger partial charge >= 0.3 is 5.97 Å². The Morgan fingerprint density at radius 2 is 1.86 bits per heavy atom. The van der Waals surface area contributed by atoms with Crippen LogP contribution in [0.3, 0.4) is 0 Å². The third kappa shape index (κ3) is 4.22. The molecular formula is C22H25N3O3. The van der Waals surface area contributed by atoms with E-state index < -0.39 is 11.9 Å². The molecule has 0 fully saturated rings. The highest BCUT2D eigenvalue weighted by molar-refractivity contribution is 5.93. The van der Waals surface area contributed by atoms with Gasteiger partial charge in [-0.25, -0.2) is 0 Å². The van der Waals surface area contributed by atoms with Crippen molar-refractivity contribution in [3.8, 4) is 0 Å². The third-order valence-corrected chi connectivity index (χ3v) is 4.93. The van der Waals surface area contributed by atoms with Gasteiger partial charge < -0.3 is 10.4 Å². The number of fused-ring (bicyclic) bond motifs is 1. The Morgan fingerprint density at radius 3 is 2.54 bits per heavy atom. The van der Waals surface area contributed by atoms with E-state index in [0.29, 0.717) is 12.1 Å². The molecule has 1 amide bonds. The van der Waals surface area contributed by atoms with Gasteiger partial charge in [0.05, 0.1) is 11.6 Å². The number of amides is 1. The van der Waals surface area contributed by atoms with E-state index in [9.17, 15) is 14.7 Å². The van der Waals surface area contributed by atoms with Gasteiger partial charge in [-0.3, -0.25) is 14.3 Å². The second kappa shape index (κ2) is 8.25. The van der Waals surface area contributed by atoms with Crippen molar-refractivity contribution in [2.24, 2.45) is 13.0 Å². The number of carboxylic acid groups (broad SMARTS) is 1. The first-order chi connectivity index (χ1) is 13.4. The van der Waals surface area contributed by atoms with Crippen LogP contribution < -0.4 is 5.32 Å². The maximum Gasteiger partial charge on any atom is 0.308 e. The zero-order valence-corrected chi connectivity index (χ0v) is 16.3. The van der Waals surface area contributed by atoms with E-state index in [0.717, 1.165) is 22.0 Å². The second-order valence-electron chi connectivity index (χ2n) is 7.32. The minimum atomic E-state index is -0.930. The Bertz CT molecular complexity index is 1000. The summed E-state index contributed by atoms with van der Waals surface area (Å²) in [6.45, 7) is 4.07. The maximum atomic E-state index is 12.5. The second-order valence-corrected chi connectivity index (χ2v) is 7.32. The van der Waals surface area contributed by atoms with Crippen LogP contribution in [0.4, 0.5) is 0 Å². The van der Waals surface area contributed by atoms with Crippen LogP contribution in [0.5, 0.6) is 0 Å². The van der Waals surface area contributed by atoms with Crippen molar-refractivity contribution < 1.29 is 14.7 Å². The number of aliphatic carboxylic acids is 1. The summed E-state index contributed by atoms with van der Waals surface area (Å²) in [5.41, 5.74) is 2.22. The van der Waals surface area contributed by atoms with Gasteiger partial charge in [-0.1, -0.05) is 56.3 Å². The summed E-state index contributed by atoms with van der Waals surface area (Å²) in [7, 11) is 1.71. The van der Waals surface area contributed by atoms with E-state index in [1.165, 1.54) is 4.68 Å². The Hall–Kier alpha value is -3.15. The fourth-order valence-electron chi connectivity index (χ4n) is 3.27. The molecule has 2 N–H and O–H groups in total. The van der Waals surface area contributed by atoms with Crippen LogP contribution >= 0.6 is 0 Å². The first kappa shape index (κ1) is 19.6. The highest BCUT2D eigenvalue weighted by Crippen LogP contribution is 2.21. The predicted octanol–water partition coefficient (Wildman–Crippen LogP) is 3.37. The SMILES string of the molecule is CC(C)c1cc(C(=O)NCC(Cc2cccc3ccccc23)C(=O)O)n(C)n1. The molecule has 1 unspecified atom stereocenters. The van der Waals surface area contributed by atoms with Gasteiger partial charge in [0.25, 0.3) is 5.91 Å². The molecule has 6 nitrogen and oxygen atoms in total. The lowest BCUT2D eigenvalue weighted by atomic mass is 9.95. The number of carbonyl (C=O) groups is 2. The van der Waals surface area contributed by atoms with Crippen LogP contribution in [0.2, 0.25) is 0 Å². The number of nitrogens with one attached hydrogen (secondary N) is 1. The largest absolute Gasteiger partial charge is 0.481 e. The molecule has 0 aliphatic heterocycles. The van der Waals surface area contributed by atoms with Gasteiger partial charge in [0.2, 0.25) is 0 Å². The molecule has 146 valence electrons. The van der Waals surface area contributed by atoms with E-state index in [-0.39, 0.29) is 18.4 Å². The Kier molecular flexibility index (Phi) is 5.78. The highest BCUT2D eigenvalue weighted by Gasteiger charge is 2.22. The predicted molar refractivity (Wildman–Crippen MR) is 108 cm³/mol. The molecule has 0 aliphatic rings. The van der Waals surface area contributed by atoms with Crippen molar-refractivity contribution in [3.63, 3.8) is 0 Å². The molecule has 3 rings (SSSR count). The molecule has 0 radical (unpaired) electrons.